The van der Waals surface area contributed by atoms with E-state index >= 15 is 0 Å². The van der Waals surface area contributed by atoms with Gasteiger partial charge in [-0.1, -0.05) is 13.2 Å². The number of rotatable bonds is 6. The molecule has 2 aromatic heterocycles. The molecule has 0 saturated carbocycles. The molecule has 0 radical (unpaired) electrons. The first-order valence-corrected chi connectivity index (χ1v) is 9.71. The Bertz CT molecular complexity index is 856. The molecule has 2 rings (SSSR count). The second kappa shape index (κ2) is 6.35. The summed E-state index contributed by atoms with van der Waals surface area (Å²) in [7, 11) is -3.74. The lowest BCUT2D eigenvalue weighted by atomic mass is 10.1. The fraction of sp³-hybridized carbons (Fsp3) is 0.125. The zero-order valence-corrected chi connectivity index (χ0v) is 15.0. The largest absolute Gasteiger partial charge is 0.289 e. The molecule has 0 aliphatic heterocycles. The summed E-state index contributed by atoms with van der Waals surface area (Å²) in [6, 6.07) is 2.69. The fourth-order valence-corrected chi connectivity index (χ4v) is 5.73. The van der Waals surface area contributed by atoms with Crippen LogP contribution in [0, 0.1) is 0 Å². The van der Waals surface area contributed by atoms with Crippen LogP contribution in [0.3, 0.4) is 0 Å². The van der Waals surface area contributed by atoms with Gasteiger partial charge in [-0.25, -0.2) is 8.42 Å². The molecule has 7 heteroatoms. The van der Waals surface area contributed by atoms with Crippen molar-refractivity contribution >= 4 is 44.1 Å². The minimum absolute atomic E-state index is 0.0678. The number of sulfone groups is 1. The summed E-state index contributed by atoms with van der Waals surface area (Å²) in [6.07, 6.45) is 0. The molecular formula is C16H14O4S3. The van der Waals surface area contributed by atoms with Crippen LogP contribution in [0.4, 0.5) is 0 Å². The molecule has 0 amide bonds. The van der Waals surface area contributed by atoms with E-state index in [2.05, 4.69) is 13.2 Å². The van der Waals surface area contributed by atoms with Gasteiger partial charge in [-0.2, -0.15) is 0 Å². The molecule has 0 saturated heterocycles. The molecule has 4 nitrogen and oxygen atoms in total. The third-order valence-electron chi connectivity index (χ3n) is 2.98. The maximum absolute atomic E-state index is 12.6. The van der Waals surface area contributed by atoms with Gasteiger partial charge < -0.3 is 0 Å². The zero-order chi connectivity index (χ0) is 17.4. The average molecular weight is 366 g/mol. The Labute approximate surface area is 142 Å². The third kappa shape index (κ3) is 3.41. The predicted octanol–water partition coefficient (Wildman–Crippen LogP) is 4.16. The average Bonchev–Trinajstić information content (AvgIpc) is 3.15. The van der Waals surface area contributed by atoms with E-state index in [0.29, 0.717) is 22.3 Å². The van der Waals surface area contributed by atoms with Gasteiger partial charge in [0.25, 0.3) is 0 Å². The third-order valence-corrected chi connectivity index (χ3v) is 7.61. The lowest BCUT2D eigenvalue weighted by Crippen LogP contribution is -2.00. The zero-order valence-electron chi connectivity index (χ0n) is 12.6. The predicted molar refractivity (Wildman–Crippen MR) is 92.4 cm³/mol. The molecule has 0 aromatic carbocycles. The Morgan fingerprint density at radius 2 is 1.22 bits per heavy atom. The summed E-state index contributed by atoms with van der Waals surface area (Å²) < 4.78 is 25.3. The van der Waals surface area contributed by atoms with Crippen molar-refractivity contribution in [1.29, 1.82) is 0 Å². The highest BCUT2D eigenvalue weighted by Gasteiger charge is 2.24. The first kappa shape index (κ1) is 17.5. The van der Waals surface area contributed by atoms with Gasteiger partial charge in [0.1, 0.15) is 8.42 Å². The molecule has 0 spiro atoms. The van der Waals surface area contributed by atoms with Gasteiger partial charge in [0.2, 0.25) is 9.84 Å². The molecule has 120 valence electrons. The van der Waals surface area contributed by atoms with Crippen molar-refractivity contribution in [3.05, 3.63) is 58.3 Å². The van der Waals surface area contributed by atoms with Gasteiger partial charge in [0.15, 0.2) is 11.6 Å². The van der Waals surface area contributed by atoms with Crippen molar-refractivity contribution in [2.75, 3.05) is 0 Å². The first-order chi connectivity index (χ1) is 10.6. The number of carbonyl (C=O) groups excluding carboxylic acids is 2. The summed E-state index contributed by atoms with van der Waals surface area (Å²) in [4.78, 5) is 23.7. The lowest BCUT2D eigenvalue weighted by Gasteiger charge is -1.97. The monoisotopic (exact) mass is 366 g/mol. The van der Waals surface area contributed by atoms with E-state index in [4.69, 9.17) is 0 Å². The molecule has 0 unspecified atom stereocenters. The van der Waals surface area contributed by atoms with Crippen LogP contribution in [-0.4, -0.2) is 20.0 Å². The molecule has 0 aliphatic rings. The van der Waals surface area contributed by atoms with Crippen LogP contribution in [0.5, 0.6) is 0 Å². The highest BCUT2D eigenvalue weighted by atomic mass is 32.3. The van der Waals surface area contributed by atoms with Gasteiger partial charge in [0.05, 0.1) is 0 Å². The number of Topliss-reactive ketones (excluding diaryl/α,β-unsaturated/α-hetero) is 2. The van der Waals surface area contributed by atoms with Crippen LogP contribution in [-0.2, 0) is 9.84 Å². The van der Waals surface area contributed by atoms with Gasteiger partial charge in [-0.3, -0.25) is 9.59 Å². The van der Waals surface area contributed by atoms with E-state index in [0.717, 1.165) is 22.7 Å². The Kier molecular flexibility index (Phi) is 4.84. The van der Waals surface area contributed by atoms with E-state index in [1.807, 2.05) is 0 Å². The highest BCUT2D eigenvalue weighted by Crippen LogP contribution is 2.32. The molecule has 23 heavy (non-hydrogen) atoms. The SMILES string of the molecule is C=C(C)C(=O)c1csc(S(=O)(=O)c2cc(C(=O)C(=C)C)cs2)c1. The van der Waals surface area contributed by atoms with E-state index in [9.17, 15) is 18.0 Å². The van der Waals surface area contributed by atoms with E-state index in [-0.39, 0.29) is 20.0 Å². The van der Waals surface area contributed by atoms with Gasteiger partial charge >= 0.3 is 0 Å². The highest BCUT2D eigenvalue weighted by molar-refractivity contribution is 7.95. The van der Waals surface area contributed by atoms with E-state index in [1.54, 1.807) is 13.8 Å². The second-order valence-corrected chi connectivity index (χ2v) is 9.26. The van der Waals surface area contributed by atoms with Gasteiger partial charge in [0, 0.05) is 21.9 Å². The minimum atomic E-state index is -3.74. The van der Waals surface area contributed by atoms with Gasteiger partial charge in [-0.15, -0.1) is 22.7 Å². The lowest BCUT2D eigenvalue weighted by molar-refractivity contribution is 0.102. The van der Waals surface area contributed by atoms with Crippen molar-refractivity contribution in [2.24, 2.45) is 0 Å². The van der Waals surface area contributed by atoms with Crippen molar-refractivity contribution in [3.8, 4) is 0 Å². The molecule has 0 bridgehead atoms. The van der Waals surface area contributed by atoms with E-state index in [1.165, 1.54) is 22.9 Å². The Hall–Kier alpha value is -1.83. The topological polar surface area (TPSA) is 68.3 Å². The standard InChI is InChI=1S/C16H14O4S3/c1-9(2)15(17)11-5-13(21-7-11)23(19,20)14-6-12(8-22-14)16(18)10(3)4/h5-8H,1,3H2,2,4H3. The molecule has 0 atom stereocenters. The number of hydrogen-bond donors (Lipinski definition) is 0. The van der Waals surface area contributed by atoms with E-state index < -0.39 is 9.84 Å². The number of ketones is 2. The fourth-order valence-electron chi connectivity index (χ4n) is 1.75. The van der Waals surface area contributed by atoms with Gasteiger partial charge in [-0.05, 0) is 37.1 Å². The molecular weight excluding hydrogens is 352 g/mol. The van der Waals surface area contributed by atoms with Crippen molar-refractivity contribution in [1.82, 2.24) is 0 Å². The minimum Gasteiger partial charge on any atom is -0.289 e. The smallest absolute Gasteiger partial charge is 0.225 e. The number of allylic oxidation sites excluding steroid dienone is 2. The molecule has 2 aromatic rings. The molecule has 2 heterocycles. The normalized spacial score (nSPS) is 11.2. The summed E-state index contributed by atoms with van der Waals surface area (Å²) in [5.41, 5.74) is 1.29. The summed E-state index contributed by atoms with van der Waals surface area (Å²) in [5, 5.41) is 2.99. The maximum atomic E-state index is 12.6. The van der Waals surface area contributed by atoms with Crippen LogP contribution >= 0.6 is 22.7 Å². The van der Waals surface area contributed by atoms with Crippen molar-refractivity contribution in [2.45, 2.75) is 22.3 Å². The molecule has 0 fully saturated rings. The Morgan fingerprint density at radius 1 is 0.870 bits per heavy atom. The second-order valence-electron chi connectivity index (χ2n) is 5.03. The quantitative estimate of drug-likeness (QED) is 0.569. The number of hydrogen-bond acceptors (Lipinski definition) is 6. The Morgan fingerprint density at radius 3 is 1.52 bits per heavy atom. The molecule has 0 N–H and O–H groups in total. The molecule has 0 aliphatic carbocycles. The van der Waals surface area contributed by atoms with Crippen molar-refractivity contribution < 1.29 is 18.0 Å². The van der Waals surface area contributed by atoms with Crippen LogP contribution in [0.25, 0.3) is 0 Å². The van der Waals surface area contributed by atoms with Crippen LogP contribution in [0.2, 0.25) is 0 Å². The number of carbonyl (C=O) groups is 2. The summed E-state index contributed by atoms with van der Waals surface area (Å²) in [5.74, 6) is -0.570. The van der Waals surface area contributed by atoms with Crippen LogP contribution in [0.1, 0.15) is 34.6 Å². The maximum Gasteiger partial charge on any atom is 0.225 e. The first-order valence-electron chi connectivity index (χ1n) is 6.47. The van der Waals surface area contributed by atoms with Crippen LogP contribution in [0.15, 0.2) is 55.6 Å². The number of thiophene rings is 2. The Balaban J connectivity index is 2.40. The van der Waals surface area contributed by atoms with Crippen molar-refractivity contribution in [3.63, 3.8) is 0 Å². The summed E-state index contributed by atoms with van der Waals surface area (Å²) >= 11 is 1.95. The summed E-state index contributed by atoms with van der Waals surface area (Å²) in [6.45, 7) is 10.3. The van der Waals surface area contributed by atoms with Crippen LogP contribution < -0.4 is 0 Å².